The van der Waals surface area contributed by atoms with Crippen molar-refractivity contribution in [2.45, 2.75) is 23.8 Å². The Labute approximate surface area is 111 Å². The van der Waals surface area contributed by atoms with Crippen molar-refractivity contribution in [2.24, 2.45) is 0 Å². The van der Waals surface area contributed by atoms with Crippen LogP contribution in [0.3, 0.4) is 0 Å². The third kappa shape index (κ3) is 3.35. The molecule has 17 heavy (non-hydrogen) atoms. The van der Waals surface area contributed by atoms with Crippen LogP contribution in [0.15, 0.2) is 46.0 Å². The molecule has 2 aromatic rings. The lowest BCUT2D eigenvalue weighted by Gasteiger charge is -2.13. The summed E-state index contributed by atoms with van der Waals surface area (Å²) >= 11 is 3.40. The van der Waals surface area contributed by atoms with Gasteiger partial charge in [-0.05, 0) is 53.1 Å². The van der Waals surface area contributed by atoms with Crippen molar-refractivity contribution < 1.29 is 5.11 Å². The first kappa shape index (κ1) is 12.7. The number of thiophene rings is 1. The summed E-state index contributed by atoms with van der Waals surface area (Å²) in [4.78, 5) is 1.17. The average molecular weight is 264 g/mol. The molecule has 0 aliphatic carbocycles. The second-order valence-electron chi connectivity index (χ2n) is 3.93. The van der Waals surface area contributed by atoms with Crippen molar-refractivity contribution in [3.63, 3.8) is 0 Å². The van der Waals surface area contributed by atoms with E-state index in [1.807, 2.05) is 24.5 Å². The summed E-state index contributed by atoms with van der Waals surface area (Å²) in [5.41, 5.74) is 2.37. The predicted molar refractivity (Wildman–Crippen MR) is 75.8 cm³/mol. The zero-order valence-corrected chi connectivity index (χ0v) is 11.4. The summed E-state index contributed by atoms with van der Waals surface area (Å²) in [6.07, 6.45) is 3.41. The molecule has 1 N–H and O–H groups in total. The van der Waals surface area contributed by atoms with E-state index in [2.05, 4.69) is 22.9 Å². The molecule has 1 unspecified atom stereocenters. The Bertz CT molecular complexity index is 451. The van der Waals surface area contributed by atoms with Crippen LogP contribution >= 0.6 is 23.1 Å². The third-order valence-electron chi connectivity index (χ3n) is 2.78. The zero-order valence-electron chi connectivity index (χ0n) is 9.80. The maximum atomic E-state index is 10.2. The molecule has 0 spiro atoms. The van der Waals surface area contributed by atoms with Crippen molar-refractivity contribution >= 4 is 23.1 Å². The summed E-state index contributed by atoms with van der Waals surface area (Å²) in [6, 6.07) is 10.2. The predicted octanol–water partition coefficient (Wildman–Crippen LogP) is 4.14. The van der Waals surface area contributed by atoms with Crippen LogP contribution in [0, 0.1) is 0 Å². The van der Waals surface area contributed by atoms with Gasteiger partial charge >= 0.3 is 0 Å². The highest BCUT2D eigenvalue weighted by Gasteiger charge is 2.11. The number of benzene rings is 1. The van der Waals surface area contributed by atoms with E-state index in [1.165, 1.54) is 10.5 Å². The molecule has 2 rings (SSSR count). The third-order valence-corrected chi connectivity index (χ3v) is 4.33. The van der Waals surface area contributed by atoms with E-state index in [4.69, 9.17) is 0 Å². The van der Waals surface area contributed by atoms with Gasteiger partial charge in [-0.15, -0.1) is 11.8 Å². The minimum Gasteiger partial charge on any atom is -0.388 e. The van der Waals surface area contributed by atoms with E-state index in [-0.39, 0.29) is 6.10 Å². The Morgan fingerprint density at radius 1 is 1.29 bits per heavy atom. The Kier molecular flexibility index (Phi) is 4.66. The first-order chi connectivity index (χ1) is 8.31. The minimum atomic E-state index is -0.362. The van der Waals surface area contributed by atoms with E-state index in [0.717, 1.165) is 18.4 Å². The summed E-state index contributed by atoms with van der Waals surface area (Å²) in [7, 11) is 0. The Balaban J connectivity index is 2.01. The molecule has 0 aliphatic rings. The molecule has 0 radical (unpaired) electrons. The van der Waals surface area contributed by atoms with Crippen LogP contribution in [0.25, 0.3) is 0 Å². The lowest BCUT2D eigenvalue weighted by atomic mass is 10.0. The number of thioether (sulfide) groups is 1. The first-order valence-corrected chi connectivity index (χ1v) is 7.80. The van der Waals surface area contributed by atoms with Crippen LogP contribution < -0.4 is 0 Å². The van der Waals surface area contributed by atoms with Gasteiger partial charge in [-0.1, -0.05) is 18.2 Å². The Morgan fingerprint density at radius 2 is 2.12 bits per heavy atom. The van der Waals surface area contributed by atoms with Crippen molar-refractivity contribution in [3.05, 3.63) is 52.2 Å². The molecule has 0 saturated carbocycles. The Morgan fingerprint density at radius 3 is 2.82 bits per heavy atom. The lowest BCUT2D eigenvalue weighted by molar-refractivity contribution is 0.165. The fourth-order valence-corrected chi connectivity index (χ4v) is 3.19. The van der Waals surface area contributed by atoms with Gasteiger partial charge in [-0.3, -0.25) is 0 Å². The molecule has 1 atom stereocenters. The lowest BCUT2D eigenvalue weighted by Crippen LogP contribution is -2.00. The van der Waals surface area contributed by atoms with E-state index in [0.29, 0.717) is 0 Å². The molecule has 1 aromatic carbocycles. The van der Waals surface area contributed by atoms with E-state index >= 15 is 0 Å². The average Bonchev–Trinajstić information content (AvgIpc) is 2.89. The van der Waals surface area contributed by atoms with Crippen molar-refractivity contribution in [1.29, 1.82) is 0 Å². The van der Waals surface area contributed by atoms with Crippen molar-refractivity contribution in [2.75, 3.05) is 6.26 Å². The smallest absolute Gasteiger partial charge is 0.0804 e. The SMILES string of the molecule is CSc1ccccc1C(O)CCc1ccsc1. The molecule has 1 heterocycles. The summed E-state index contributed by atoms with van der Waals surface area (Å²) < 4.78 is 0. The number of hydrogen-bond acceptors (Lipinski definition) is 3. The van der Waals surface area contributed by atoms with E-state index in [1.54, 1.807) is 23.1 Å². The molecule has 1 nitrogen and oxygen atoms in total. The molecule has 1 aromatic heterocycles. The summed E-state index contributed by atoms with van der Waals surface area (Å²) in [5.74, 6) is 0. The monoisotopic (exact) mass is 264 g/mol. The summed E-state index contributed by atoms with van der Waals surface area (Å²) in [6.45, 7) is 0. The van der Waals surface area contributed by atoms with E-state index in [9.17, 15) is 5.11 Å². The Hall–Kier alpha value is -0.770. The quantitative estimate of drug-likeness (QED) is 0.819. The second kappa shape index (κ2) is 6.24. The summed E-state index contributed by atoms with van der Waals surface area (Å²) in [5, 5.41) is 14.4. The van der Waals surface area contributed by atoms with Gasteiger partial charge in [0, 0.05) is 4.90 Å². The molecule has 0 bridgehead atoms. The largest absolute Gasteiger partial charge is 0.388 e. The number of rotatable bonds is 5. The van der Waals surface area contributed by atoms with Gasteiger partial charge in [0.05, 0.1) is 6.10 Å². The van der Waals surface area contributed by atoms with Crippen LogP contribution in [0.1, 0.15) is 23.7 Å². The molecular formula is C14H16OS2. The van der Waals surface area contributed by atoms with Crippen LogP contribution in [0.2, 0.25) is 0 Å². The first-order valence-electron chi connectivity index (χ1n) is 5.63. The number of aliphatic hydroxyl groups is 1. The van der Waals surface area contributed by atoms with Gasteiger partial charge in [0.2, 0.25) is 0 Å². The number of aliphatic hydroxyl groups excluding tert-OH is 1. The zero-order chi connectivity index (χ0) is 12.1. The fourth-order valence-electron chi connectivity index (χ4n) is 1.84. The van der Waals surface area contributed by atoms with Crippen LogP contribution in [0.4, 0.5) is 0 Å². The molecule has 0 aliphatic heterocycles. The van der Waals surface area contributed by atoms with Gasteiger partial charge in [0.15, 0.2) is 0 Å². The molecule has 0 saturated heterocycles. The van der Waals surface area contributed by atoms with E-state index < -0.39 is 0 Å². The van der Waals surface area contributed by atoms with Crippen LogP contribution in [0.5, 0.6) is 0 Å². The second-order valence-corrected chi connectivity index (χ2v) is 5.56. The van der Waals surface area contributed by atoms with Crippen LogP contribution in [-0.2, 0) is 6.42 Å². The van der Waals surface area contributed by atoms with Crippen molar-refractivity contribution in [3.8, 4) is 0 Å². The highest BCUT2D eigenvalue weighted by Crippen LogP contribution is 2.28. The minimum absolute atomic E-state index is 0.362. The fraction of sp³-hybridized carbons (Fsp3) is 0.286. The highest BCUT2D eigenvalue weighted by molar-refractivity contribution is 7.98. The van der Waals surface area contributed by atoms with Crippen LogP contribution in [-0.4, -0.2) is 11.4 Å². The number of hydrogen-bond donors (Lipinski definition) is 1. The topological polar surface area (TPSA) is 20.2 Å². The molecule has 0 fully saturated rings. The van der Waals surface area contributed by atoms with Gasteiger partial charge < -0.3 is 5.11 Å². The molecule has 0 amide bonds. The molecular weight excluding hydrogens is 248 g/mol. The molecule has 90 valence electrons. The van der Waals surface area contributed by atoms with Gasteiger partial charge in [0.1, 0.15) is 0 Å². The number of aryl methyl sites for hydroxylation is 1. The van der Waals surface area contributed by atoms with Gasteiger partial charge in [0.25, 0.3) is 0 Å². The van der Waals surface area contributed by atoms with Gasteiger partial charge in [-0.25, -0.2) is 0 Å². The maximum absolute atomic E-state index is 10.2. The molecule has 3 heteroatoms. The normalized spacial score (nSPS) is 12.6. The maximum Gasteiger partial charge on any atom is 0.0804 e. The van der Waals surface area contributed by atoms with Crippen molar-refractivity contribution in [1.82, 2.24) is 0 Å². The highest BCUT2D eigenvalue weighted by atomic mass is 32.2. The van der Waals surface area contributed by atoms with Gasteiger partial charge in [-0.2, -0.15) is 11.3 Å². The standard InChI is InChI=1S/C14H16OS2/c1-16-14-5-3-2-4-12(14)13(15)7-6-11-8-9-17-10-11/h2-5,8-10,13,15H,6-7H2,1H3.